The van der Waals surface area contributed by atoms with Crippen molar-refractivity contribution < 1.29 is 14.0 Å². The standard InChI is InChI=1S/C21H24FN3O2/c1-25(2)18-9-7-17(8-10-18)24-20(27)21(12-13-21)19(26)23-14-11-15-3-5-16(22)6-4-15/h3-10H,11-14H2,1-2H3,(H,23,26)(H,24,27). The van der Waals surface area contributed by atoms with E-state index in [0.29, 0.717) is 31.5 Å². The summed E-state index contributed by atoms with van der Waals surface area (Å²) >= 11 is 0. The molecular weight excluding hydrogens is 345 g/mol. The number of nitrogens with one attached hydrogen (secondary N) is 2. The van der Waals surface area contributed by atoms with Gasteiger partial charge in [-0.3, -0.25) is 9.59 Å². The fraction of sp³-hybridized carbons (Fsp3) is 0.333. The molecule has 1 fully saturated rings. The van der Waals surface area contributed by atoms with Crippen molar-refractivity contribution in [1.29, 1.82) is 0 Å². The summed E-state index contributed by atoms with van der Waals surface area (Å²) in [5, 5.41) is 5.69. The van der Waals surface area contributed by atoms with Crippen LogP contribution >= 0.6 is 0 Å². The molecule has 0 saturated heterocycles. The SMILES string of the molecule is CN(C)c1ccc(NC(=O)C2(C(=O)NCCc3ccc(F)cc3)CC2)cc1. The van der Waals surface area contributed by atoms with Crippen LogP contribution in [0.2, 0.25) is 0 Å². The molecule has 27 heavy (non-hydrogen) atoms. The lowest BCUT2D eigenvalue weighted by Crippen LogP contribution is -2.40. The van der Waals surface area contributed by atoms with Gasteiger partial charge in [0.15, 0.2) is 0 Å². The van der Waals surface area contributed by atoms with Gasteiger partial charge in [0.25, 0.3) is 0 Å². The van der Waals surface area contributed by atoms with Crippen molar-refractivity contribution >= 4 is 23.2 Å². The van der Waals surface area contributed by atoms with E-state index in [1.165, 1.54) is 12.1 Å². The van der Waals surface area contributed by atoms with Crippen LogP contribution in [0.4, 0.5) is 15.8 Å². The maximum absolute atomic E-state index is 12.9. The Labute approximate surface area is 158 Å². The normalized spacial score (nSPS) is 14.3. The van der Waals surface area contributed by atoms with Crippen molar-refractivity contribution in [3.63, 3.8) is 0 Å². The third kappa shape index (κ3) is 4.45. The summed E-state index contributed by atoms with van der Waals surface area (Å²) in [5.74, 6) is -0.790. The molecule has 2 N–H and O–H groups in total. The number of halogens is 1. The number of rotatable bonds is 7. The molecule has 1 aliphatic carbocycles. The Morgan fingerprint density at radius 2 is 1.63 bits per heavy atom. The third-order valence-electron chi connectivity index (χ3n) is 4.87. The smallest absolute Gasteiger partial charge is 0.240 e. The van der Waals surface area contributed by atoms with E-state index in [0.717, 1.165) is 11.3 Å². The molecule has 142 valence electrons. The molecule has 6 heteroatoms. The molecule has 1 aliphatic rings. The van der Waals surface area contributed by atoms with E-state index in [2.05, 4.69) is 10.6 Å². The largest absolute Gasteiger partial charge is 0.378 e. The van der Waals surface area contributed by atoms with E-state index >= 15 is 0 Å². The average molecular weight is 369 g/mol. The summed E-state index contributed by atoms with van der Waals surface area (Å²) in [6.07, 6.45) is 1.70. The van der Waals surface area contributed by atoms with Gasteiger partial charge >= 0.3 is 0 Å². The van der Waals surface area contributed by atoms with Crippen LogP contribution in [0.25, 0.3) is 0 Å². The molecule has 2 amide bonds. The Morgan fingerprint density at radius 1 is 1.00 bits per heavy atom. The zero-order valence-electron chi connectivity index (χ0n) is 15.6. The third-order valence-corrected chi connectivity index (χ3v) is 4.87. The molecule has 0 aliphatic heterocycles. The topological polar surface area (TPSA) is 61.4 Å². The highest BCUT2D eigenvalue weighted by molar-refractivity contribution is 6.13. The van der Waals surface area contributed by atoms with Crippen molar-refractivity contribution in [1.82, 2.24) is 5.32 Å². The van der Waals surface area contributed by atoms with E-state index < -0.39 is 5.41 Å². The van der Waals surface area contributed by atoms with E-state index in [4.69, 9.17) is 0 Å². The van der Waals surface area contributed by atoms with Gasteiger partial charge in [0.2, 0.25) is 11.8 Å². The van der Waals surface area contributed by atoms with Crippen LogP contribution < -0.4 is 15.5 Å². The minimum absolute atomic E-state index is 0.243. The Morgan fingerprint density at radius 3 is 2.19 bits per heavy atom. The van der Waals surface area contributed by atoms with Crippen molar-refractivity contribution in [2.24, 2.45) is 5.41 Å². The molecule has 0 atom stereocenters. The van der Waals surface area contributed by atoms with Gasteiger partial charge < -0.3 is 15.5 Å². The quantitative estimate of drug-likeness (QED) is 0.738. The first-order valence-electron chi connectivity index (χ1n) is 9.02. The minimum Gasteiger partial charge on any atom is -0.378 e. The van der Waals surface area contributed by atoms with Gasteiger partial charge in [-0.2, -0.15) is 0 Å². The zero-order chi connectivity index (χ0) is 19.4. The summed E-state index contributed by atoms with van der Waals surface area (Å²) in [4.78, 5) is 27.1. The molecule has 0 radical (unpaired) electrons. The Kier molecular flexibility index (Phi) is 5.44. The molecule has 2 aromatic carbocycles. The first-order valence-corrected chi connectivity index (χ1v) is 9.02. The predicted molar refractivity (Wildman–Crippen MR) is 104 cm³/mol. The van der Waals surface area contributed by atoms with Crippen molar-refractivity contribution in [3.8, 4) is 0 Å². The predicted octanol–water partition coefficient (Wildman–Crippen LogP) is 2.97. The van der Waals surface area contributed by atoms with E-state index in [1.54, 1.807) is 12.1 Å². The van der Waals surface area contributed by atoms with E-state index in [-0.39, 0.29) is 17.6 Å². The number of anilines is 2. The number of hydrogen-bond donors (Lipinski definition) is 2. The molecule has 0 aromatic heterocycles. The molecular formula is C21H24FN3O2. The highest BCUT2D eigenvalue weighted by atomic mass is 19.1. The second-order valence-electron chi connectivity index (χ2n) is 7.11. The number of carbonyl (C=O) groups excluding carboxylic acids is 2. The van der Waals surface area contributed by atoms with E-state index in [9.17, 15) is 14.0 Å². The van der Waals surface area contributed by atoms with Crippen LogP contribution in [0, 0.1) is 11.2 Å². The fourth-order valence-corrected chi connectivity index (χ4v) is 2.92. The fourth-order valence-electron chi connectivity index (χ4n) is 2.92. The molecule has 1 saturated carbocycles. The molecule has 3 rings (SSSR count). The lowest BCUT2D eigenvalue weighted by atomic mass is 10.0. The number of benzene rings is 2. The van der Waals surface area contributed by atoms with Gasteiger partial charge in [0, 0.05) is 32.0 Å². The van der Waals surface area contributed by atoms with Gasteiger partial charge in [0.05, 0.1) is 0 Å². The number of hydrogen-bond acceptors (Lipinski definition) is 3. The Bertz CT molecular complexity index is 812. The van der Waals surface area contributed by atoms with Crippen LogP contribution in [0.15, 0.2) is 48.5 Å². The highest BCUT2D eigenvalue weighted by Crippen LogP contribution is 2.46. The van der Waals surface area contributed by atoms with Crippen molar-refractivity contribution in [2.75, 3.05) is 30.9 Å². The average Bonchev–Trinajstić information content (AvgIpc) is 3.46. The highest BCUT2D eigenvalue weighted by Gasteiger charge is 2.56. The van der Waals surface area contributed by atoms with Crippen LogP contribution in [-0.2, 0) is 16.0 Å². The molecule has 5 nitrogen and oxygen atoms in total. The summed E-state index contributed by atoms with van der Waals surface area (Å²) < 4.78 is 12.9. The second-order valence-corrected chi connectivity index (χ2v) is 7.11. The monoisotopic (exact) mass is 369 g/mol. The van der Waals surface area contributed by atoms with Crippen LogP contribution in [0.3, 0.4) is 0 Å². The maximum Gasteiger partial charge on any atom is 0.240 e. The number of carbonyl (C=O) groups is 2. The lowest BCUT2D eigenvalue weighted by molar-refractivity contribution is -0.134. The summed E-state index contributed by atoms with van der Waals surface area (Å²) in [6, 6.07) is 13.7. The molecule has 0 heterocycles. The van der Waals surface area contributed by atoms with Crippen molar-refractivity contribution in [3.05, 3.63) is 59.9 Å². The van der Waals surface area contributed by atoms with Crippen molar-refractivity contribution in [2.45, 2.75) is 19.3 Å². The van der Waals surface area contributed by atoms with Gasteiger partial charge in [-0.25, -0.2) is 4.39 Å². The van der Waals surface area contributed by atoms with Gasteiger partial charge in [0.1, 0.15) is 11.2 Å². The van der Waals surface area contributed by atoms with Crippen LogP contribution in [0.5, 0.6) is 0 Å². The minimum atomic E-state index is -0.969. The maximum atomic E-state index is 12.9. The van der Waals surface area contributed by atoms with Crippen LogP contribution in [-0.4, -0.2) is 32.5 Å². The zero-order valence-corrected chi connectivity index (χ0v) is 15.6. The van der Waals surface area contributed by atoms with Gasteiger partial charge in [-0.15, -0.1) is 0 Å². The number of nitrogens with zero attached hydrogens (tertiary/aromatic N) is 1. The summed E-state index contributed by atoms with van der Waals surface area (Å²) in [7, 11) is 3.89. The van der Waals surface area contributed by atoms with Gasteiger partial charge in [-0.05, 0) is 61.2 Å². The van der Waals surface area contributed by atoms with Gasteiger partial charge in [-0.1, -0.05) is 12.1 Å². The summed E-state index contributed by atoms with van der Waals surface area (Å²) in [6.45, 7) is 0.414. The number of amides is 2. The molecule has 0 bridgehead atoms. The van der Waals surface area contributed by atoms with Crippen LogP contribution in [0.1, 0.15) is 18.4 Å². The Balaban J connectivity index is 1.53. The first kappa shape index (κ1) is 18.9. The summed E-state index contributed by atoms with van der Waals surface area (Å²) in [5.41, 5.74) is 1.68. The first-order chi connectivity index (χ1) is 12.9. The molecule has 2 aromatic rings. The molecule has 0 unspecified atom stereocenters. The lowest BCUT2D eigenvalue weighted by Gasteiger charge is -2.17. The van der Waals surface area contributed by atoms with E-state index in [1.807, 2.05) is 43.3 Å². The molecule has 0 spiro atoms. The second kappa shape index (κ2) is 7.78. The Hall–Kier alpha value is -2.89.